The van der Waals surface area contributed by atoms with Gasteiger partial charge in [0.1, 0.15) is 16.9 Å². The SMILES string of the molecule is COc1cc([C@@H]2C(C#N)=C(N)N(c3sc4c(c3C#N)CCCCC4)C3=C2C(=O)CC(C)(C)C3)cc(OC)c1OC. The highest BCUT2D eigenvalue weighted by Crippen LogP contribution is 2.54. The number of allylic oxidation sites excluding steroid dienone is 3. The van der Waals surface area contributed by atoms with Crippen LogP contribution in [0.1, 0.15) is 73.4 Å². The van der Waals surface area contributed by atoms with Crippen LogP contribution in [-0.2, 0) is 17.6 Å². The molecule has 2 aliphatic carbocycles. The Morgan fingerprint density at radius 3 is 2.27 bits per heavy atom. The van der Waals surface area contributed by atoms with E-state index < -0.39 is 5.92 Å². The number of ether oxygens (including phenoxy) is 3. The van der Waals surface area contributed by atoms with Gasteiger partial charge in [0.25, 0.3) is 0 Å². The molecule has 0 spiro atoms. The molecule has 2 aromatic rings. The Morgan fingerprint density at radius 1 is 1.00 bits per heavy atom. The Morgan fingerprint density at radius 2 is 1.68 bits per heavy atom. The number of rotatable bonds is 5. The number of nitrogens with two attached hydrogens (primary N) is 1. The normalized spacial score (nSPS) is 20.2. The van der Waals surface area contributed by atoms with Crippen molar-refractivity contribution in [2.45, 2.75) is 64.7 Å². The average molecular weight is 559 g/mol. The first kappa shape index (κ1) is 27.6. The molecule has 0 saturated heterocycles. The molecule has 1 atom stereocenters. The van der Waals surface area contributed by atoms with Crippen LogP contribution in [0, 0.1) is 28.1 Å². The van der Waals surface area contributed by atoms with Crippen LogP contribution in [0.25, 0.3) is 0 Å². The molecule has 2 heterocycles. The third kappa shape index (κ3) is 4.39. The second kappa shape index (κ2) is 10.6. The fourth-order valence-electron chi connectivity index (χ4n) is 6.34. The maximum absolute atomic E-state index is 14.0. The Kier molecular flexibility index (Phi) is 7.29. The number of fused-ring (bicyclic) bond motifs is 1. The highest BCUT2D eigenvalue weighted by atomic mass is 32.1. The van der Waals surface area contributed by atoms with E-state index in [-0.39, 0.29) is 22.6 Å². The summed E-state index contributed by atoms with van der Waals surface area (Å²) in [7, 11) is 4.59. The number of benzene rings is 1. The van der Waals surface area contributed by atoms with Crippen LogP contribution >= 0.6 is 11.3 Å². The zero-order valence-corrected chi connectivity index (χ0v) is 24.5. The largest absolute Gasteiger partial charge is 0.493 e. The van der Waals surface area contributed by atoms with Crippen LogP contribution in [0.15, 0.2) is 34.8 Å². The zero-order valence-electron chi connectivity index (χ0n) is 23.6. The van der Waals surface area contributed by atoms with Gasteiger partial charge in [-0.25, -0.2) is 0 Å². The monoisotopic (exact) mass is 558 g/mol. The number of nitrogens with zero attached hydrogens (tertiary/aromatic N) is 3. The van der Waals surface area contributed by atoms with Crippen molar-refractivity contribution in [2.24, 2.45) is 11.1 Å². The molecular weight excluding hydrogens is 524 g/mol. The maximum atomic E-state index is 14.0. The van der Waals surface area contributed by atoms with E-state index in [0.29, 0.717) is 51.8 Å². The Hall–Kier alpha value is -3.95. The minimum atomic E-state index is -0.711. The van der Waals surface area contributed by atoms with E-state index in [0.717, 1.165) is 43.4 Å². The number of aryl methyl sites for hydroxylation is 1. The number of Topliss-reactive ketones (excluding diaryl/α,β-unsaturated/α-hetero) is 1. The minimum absolute atomic E-state index is 0.0353. The lowest BCUT2D eigenvalue weighted by atomic mass is 9.68. The van der Waals surface area contributed by atoms with Crippen molar-refractivity contribution in [1.82, 2.24) is 0 Å². The van der Waals surface area contributed by atoms with Gasteiger partial charge in [-0.15, -0.1) is 11.3 Å². The molecule has 5 rings (SSSR count). The van der Waals surface area contributed by atoms with Gasteiger partial charge in [-0.2, -0.15) is 10.5 Å². The molecule has 0 radical (unpaired) electrons. The number of anilines is 1. The molecule has 9 heteroatoms. The van der Waals surface area contributed by atoms with Crippen molar-refractivity contribution >= 4 is 22.1 Å². The molecule has 1 aromatic heterocycles. The number of thiophene rings is 1. The summed E-state index contributed by atoms with van der Waals surface area (Å²) >= 11 is 1.57. The second-order valence-corrected chi connectivity index (χ2v) is 12.4. The molecule has 8 nitrogen and oxygen atoms in total. The number of ketones is 1. The number of nitriles is 2. The number of carbonyl (C=O) groups excluding carboxylic acids is 1. The summed E-state index contributed by atoms with van der Waals surface area (Å²) in [6.45, 7) is 4.13. The summed E-state index contributed by atoms with van der Waals surface area (Å²) in [5.74, 6) is 0.775. The van der Waals surface area contributed by atoms with E-state index in [1.165, 1.54) is 26.2 Å². The van der Waals surface area contributed by atoms with Crippen molar-refractivity contribution in [3.8, 4) is 29.4 Å². The van der Waals surface area contributed by atoms with Crippen LogP contribution in [0.4, 0.5) is 5.00 Å². The standard InChI is InChI=1S/C31H34N4O4S/c1-31(2)13-21-27(22(36)14-31)26(17-11-23(37-3)28(39-5)24(12-17)38-4)20(16-33)29(34)35(21)30-19(15-32)18-9-7-6-8-10-25(18)40-30/h11-12,26H,6-10,13-14,34H2,1-5H3/t26-/m1/s1. The van der Waals surface area contributed by atoms with Crippen molar-refractivity contribution in [3.63, 3.8) is 0 Å². The molecule has 0 bridgehead atoms. The zero-order chi connectivity index (χ0) is 28.8. The number of carbonyl (C=O) groups is 1. The van der Waals surface area contributed by atoms with Crippen LogP contribution < -0.4 is 24.8 Å². The molecule has 0 fully saturated rings. The maximum Gasteiger partial charge on any atom is 0.203 e. The summed E-state index contributed by atoms with van der Waals surface area (Å²) in [5, 5.41) is 21.6. The van der Waals surface area contributed by atoms with Crippen LogP contribution in [0.2, 0.25) is 0 Å². The lowest BCUT2D eigenvalue weighted by molar-refractivity contribution is -0.118. The number of hydrogen-bond donors (Lipinski definition) is 1. The molecule has 1 aliphatic heterocycles. The van der Waals surface area contributed by atoms with Gasteiger partial charge in [-0.1, -0.05) is 20.3 Å². The predicted octanol–water partition coefficient (Wildman–Crippen LogP) is 5.86. The van der Waals surface area contributed by atoms with E-state index in [9.17, 15) is 15.3 Å². The van der Waals surface area contributed by atoms with Gasteiger partial charge in [-0.05, 0) is 60.8 Å². The molecule has 0 saturated carbocycles. The highest BCUT2D eigenvalue weighted by molar-refractivity contribution is 7.16. The quantitative estimate of drug-likeness (QED) is 0.453. The summed E-state index contributed by atoms with van der Waals surface area (Å²) < 4.78 is 16.7. The first-order valence-corrected chi connectivity index (χ1v) is 14.3. The highest BCUT2D eigenvalue weighted by Gasteiger charge is 2.46. The lowest BCUT2D eigenvalue weighted by Crippen LogP contribution is -2.42. The molecule has 40 heavy (non-hydrogen) atoms. The Bertz CT molecular complexity index is 1510. The van der Waals surface area contributed by atoms with Crippen molar-refractivity contribution < 1.29 is 19.0 Å². The molecule has 1 aromatic carbocycles. The van der Waals surface area contributed by atoms with Crippen LogP contribution in [-0.4, -0.2) is 27.1 Å². The van der Waals surface area contributed by atoms with Gasteiger partial charge in [0, 0.05) is 22.6 Å². The summed E-state index contributed by atoms with van der Waals surface area (Å²) in [6.07, 6.45) is 5.93. The van der Waals surface area contributed by atoms with Crippen LogP contribution in [0.3, 0.4) is 0 Å². The topological polar surface area (TPSA) is 122 Å². The molecule has 2 N–H and O–H groups in total. The summed E-state index contributed by atoms with van der Waals surface area (Å²) in [6, 6.07) is 8.32. The Balaban J connectivity index is 1.79. The summed E-state index contributed by atoms with van der Waals surface area (Å²) in [5.41, 5.74) is 10.5. The van der Waals surface area contributed by atoms with Crippen molar-refractivity contribution in [1.29, 1.82) is 10.5 Å². The van der Waals surface area contributed by atoms with Crippen molar-refractivity contribution in [3.05, 3.63) is 56.4 Å². The van der Waals surface area contributed by atoms with Gasteiger partial charge < -0.3 is 19.9 Å². The van der Waals surface area contributed by atoms with E-state index in [1.54, 1.807) is 23.5 Å². The Labute approximate surface area is 239 Å². The van der Waals surface area contributed by atoms with Gasteiger partial charge in [0.2, 0.25) is 5.75 Å². The summed E-state index contributed by atoms with van der Waals surface area (Å²) in [4.78, 5) is 17.0. The third-order valence-corrected chi connectivity index (χ3v) is 9.40. The average Bonchev–Trinajstić information content (AvgIpc) is 3.10. The van der Waals surface area contributed by atoms with E-state index in [2.05, 4.69) is 26.0 Å². The van der Waals surface area contributed by atoms with Crippen LogP contribution in [0.5, 0.6) is 17.2 Å². The van der Waals surface area contributed by atoms with E-state index >= 15 is 0 Å². The fraction of sp³-hybridized carbons (Fsp3) is 0.452. The smallest absolute Gasteiger partial charge is 0.203 e. The van der Waals surface area contributed by atoms with E-state index in [4.69, 9.17) is 19.9 Å². The fourth-order valence-corrected chi connectivity index (χ4v) is 7.72. The first-order valence-electron chi connectivity index (χ1n) is 13.5. The van der Waals surface area contributed by atoms with Gasteiger partial charge in [0.15, 0.2) is 17.3 Å². The predicted molar refractivity (Wildman–Crippen MR) is 153 cm³/mol. The number of methoxy groups -OCH3 is 3. The van der Waals surface area contributed by atoms with Gasteiger partial charge in [-0.3, -0.25) is 9.69 Å². The molecule has 0 amide bonds. The van der Waals surface area contributed by atoms with Gasteiger partial charge in [0.05, 0.1) is 44.5 Å². The molecule has 0 unspecified atom stereocenters. The van der Waals surface area contributed by atoms with E-state index in [1.807, 2.05) is 4.90 Å². The third-order valence-electron chi connectivity index (χ3n) is 8.12. The second-order valence-electron chi connectivity index (χ2n) is 11.3. The minimum Gasteiger partial charge on any atom is -0.493 e. The number of hydrogen-bond acceptors (Lipinski definition) is 9. The van der Waals surface area contributed by atoms with Gasteiger partial charge >= 0.3 is 0 Å². The lowest BCUT2D eigenvalue weighted by Gasteiger charge is -2.43. The van der Waals surface area contributed by atoms with Crippen molar-refractivity contribution in [2.75, 3.05) is 26.2 Å². The molecule has 208 valence electrons. The molecule has 3 aliphatic rings. The molecular formula is C31H34N4O4S. The first-order chi connectivity index (χ1) is 19.2.